The van der Waals surface area contributed by atoms with Gasteiger partial charge in [-0.05, 0) is 33.6 Å². The van der Waals surface area contributed by atoms with Gasteiger partial charge in [0.25, 0.3) is 0 Å². The van der Waals surface area contributed by atoms with Gasteiger partial charge in [0, 0.05) is 30.7 Å². The molecule has 0 aromatic carbocycles. The molecule has 1 saturated heterocycles. The summed E-state index contributed by atoms with van der Waals surface area (Å²) >= 11 is 0. The van der Waals surface area contributed by atoms with Gasteiger partial charge in [0.05, 0.1) is 0 Å². The number of nitrogens with one attached hydrogen (secondary N) is 1. The highest BCUT2D eigenvalue weighted by atomic mass is 15.3. The van der Waals surface area contributed by atoms with Gasteiger partial charge in [-0.15, -0.1) is 0 Å². The first-order chi connectivity index (χ1) is 6.53. The predicted octanol–water partition coefficient (Wildman–Crippen LogP) is 2.25. The molecule has 1 N–H and O–H groups in total. The summed E-state index contributed by atoms with van der Waals surface area (Å²) < 4.78 is 0. The average Bonchev–Trinajstić information content (AvgIpc) is 2.21. The molecule has 0 saturated carbocycles. The molecule has 1 heterocycles. The Balaban J connectivity index is 2.73. The summed E-state index contributed by atoms with van der Waals surface area (Å²) in [5.41, 5.74) is 0.363. The van der Waals surface area contributed by atoms with Crippen LogP contribution < -0.4 is 5.32 Å². The lowest BCUT2D eigenvalue weighted by Crippen LogP contribution is -2.64. The second-order valence-corrected chi connectivity index (χ2v) is 5.04. The van der Waals surface area contributed by atoms with Crippen LogP contribution in [0.3, 0.4) is 0 Å². The van der Waals surface area contributed by atoms with Crippen LogP contribution in [0.15, 0.2) is 0 Å². The van der Waals surface area contributed by atoms with E-state index in [1.165, 1.54) is 19.4 Å². The van der Waals surface area contributed by atoms with E-state index in [9.17, 15) is 0 Å². The van der Waals surface area contributed by atoms with Gasteiger partial charge in [0.2, 0.25) is 0 Å². The molecule has 0 aliphatic carbocycles. The molecule has 2 nitrogen and oxygen atoms in total. The van der Waals surface area contributed by atoms with Crippen LogP contribution in [0.2, 0.25) is 0 Å². The summed E-state index contributed by atoms with van der Waals surface area (Å²) in [4.78, 5) is 2.69. The quantitative estimate of drug-likeness (QED) is 0.748. The third-order valence-electron chi connectivity index (χ3n) is 3.88. The van der Waals surface area contributed by atoms with Crippen molar-refractivity contribution in [3.05, 3.63) is 0 Å². The summed E-state index contributed by atoms with van der Waals surface area (Å²) in [7, 11) is 0. The summed E-state index contributed by atoms with van der Waals surface area (Å²) in [6.45, 7) is 13.9. The molecule has 2 heteroatoms. The Labute approximate surface area is 89.1 Å². The van der Waals surface area contributed by atoms with Crippen molar-refractivity contribution >= 4 is 0 Å². The maximum atomic E-state index is 3.59. The Hall–Kier alpha value is -0.0800. The normalized spacial score (nSPS) is 37.1. The molecule has 1 aliphatic heterocycles. The fraction of sp³-hybridized carbons (Fsp3) is 1.00. The molecule has 0 bridgehead atoms. The second-order valence-electron chi connectivity index (χ2n) is 5.04. The van der Waals surface area contributed by atoms with Crippen LogP contribution in [0.5, 0.6) is 0 Å². The molecule has 3 atom stereocenters. The molecule has 0 aromatic heterocycles. The van der Waals surface area contributed by atoms with Crippen molar-refractivity contribution in [1.82, 2.24) is 10.2 Å². The van der Waals surface area contributed by atoms with Gasteiger partial charge in [-0.25, -0.2) is 0 Å². The Morgan fingerprint density at radius 1 is 1.50 bits per heavy atom. The molecule has 84 valence electrons. The van der Waals surface area contributed by atoms with Gasteiger partial charge in [-0.3, -0.25) is 4.90 Å². The lowest BCUT2D eigenvalue weighted by molar-refractivity contribution is 0.0180. The Bertz CT molecular complexity index is 181. The molecule has 0 spiro atoms. The van der Waals surface area contributed by atoms with E-state index in [0.29, 0.717) is 17.6 Å². The highest BCUT2D eigenvalue weighted by molar-refractivity contribution is 4.95. The van der Waals surface area contributed by atoms with Crippen LogP contribution in [0.25, 0.3) is 0 Å². The maximum Gasteiger partial charge on any atom is 0.0306 e. The third-order valence-corrected chi connectivity index (χ3v) is 3.88. The van der Waals surface area contributed by atoms with Gasteiger partial charge in [0.15, 0.2) is 0 Å². The topological polar surface area (TPSA) is 15.3 Å². The zero-order valence-corrected chi connectivity index (χ0v) is 10.4. The fourth-order valence-corrected chi connectivity index (χ4v) is 2.34. The van der Waals surface area contributed by atoms with Crippen molar-refractivity contribution in [1.29, 1.82) is 0 Å². The van der Waals surface area contributed by atoms with E-state index >= 15 is 0 Å². The van der Waals surface area contributed by atoms with Crippen molar-refractivity contribution in [2.45, 2.75) is 65.1 Å². The number of nitrogens with zero attached hydrogens (tertiary/aromatic N) is 1. The van der Waals surface area contributed by atoms with E-state index in [4.69, 9.17) is 0 Å². The highest BCUT2D eigenvalue weighted by Gasteiger charge is 2.36. The SMILES string of the molecule is CCC(C)N1CC(C)NCC1(C)CC. The third kappa shape index (κ3) is 2.29. The molecule has 0 amide bonds. The zero-order chi connectivity index (χ0) is 10.8. The number of piperazine rings is 1. The summed E-state index contributed by atoms with van der Waals surface area (Å²) in [6.07, 6.45) is 2.49. The smallest absolute Gasteiger partial charge is 0.0306 e. The molecule has 1 rings (SSSR count). The summed E-state index contributed by atoms with van der Waals surface area (Å²) in [6, 6.07) is 1.35. The minimum absolute atomic E-state index is 0.363. The number of hydrogen-bond donors (Lipinski definition) is 1. The minimum Gasteiger partial charge on any atom is -0.311 e. The largest absolute Gasteiger partial charge is 0.311 e. The van der Waals surface area contributed by atoms with Gasteiger partial charge in [-0.2, -0.15) is 0 Å². The molecular formula is C12H26N2. The molecule has 3 unspecified atom stereocenters. The Morgan fingerprint density at radius 3 is 2.64 bits per heavy atom. The van der Waals surface area contributed by atoms with Crippen molar-refractivity contribution in [2.75, 3.05) is 13.1 Å². The van der Waals surface area contributed by atoms with Crippen LogP contribution in [-0.4, -0.2) is 35.6 Å². The predicted molar refractivity (Wildman–Crippen MR) is 62.6 cm³/mol. The van der Waals surface area contributed by atoms with Crippen LogP contribution >= 0.6 is 0 Å². The Morgan fingerprint density at radius 2 is 2.14 bits per heavy atom. The summed E-state index contributed by atoms with van der Waals surface area (Å²) in [5, 5.41) is 3.59. The standard InChI is InChI=1S/C12H26N2/c1-6-11(4)14-8-10(3)13-9-12(14,5)7-2/h10-11,13H,6-9H2,1-5H3. The highest BCUT2D eigenvalue weighted by Crippen LogP contribution is 2.26. The molecule has 14 heavy (non-hydrogen) atoms. The fourth-order valence-electron chi connectivity index (χ4n) is 2.34. The van der Waals surface area contributed by atoms with Crippen LogP contribution in [0.1, 0.15) is 47.5 Å². The van der Waals surface area contributed by atoms with E-state index < -0.39 is 0 Å². The molecule has 1 fully saturated rings. The first-order valence-electron chi connectivity index (χ1n) is 6.03. The molecule has 1 aliphatic rings. The van der Waals surface area contributed by atoms with Crippen LogP contribution in [0, 0.1) is 0 Å². The molecule has 0 radical (unpaired) electrons. The van der Waals surface area contributed by atoms with Crippen molar-refractivity contribution in [3.63, 3.8) is 0 Å². The van der Waals surface area contributed by atoms with E-state index in [1.807, 2.05) is 0 Å². The van der Waals surface area contributed by atoms with Gasteiger partial charge in [-0.1, -0.05) is 13.8 Å². The lowest BCUT2D eigenvalue weighted by Gasteiger charge is -2.50. The number of rotatable bonds is 3. The monoisotopic (exact) mass is 198 g/mol. The minimum atomic E-state index is 0.363. The molecular weight excluding hydrogens is 172 g/mol. The summed E-state index contributed by atoms with van der Waals surface area (Å²) in [5.74, 6) is 0. The van der Waals surface area contributed by atoms with E-state index in [-0.39, 0.29) is 0 Å². The van der Waals surface area contributed by atoms with Gasteiger partial charge >= 0.3 is 0 Å². The van der Waals surface area contributed by atoms with Crippen molar-refractivity contribution in [3.8, 4) is 0 Å². The van der Waals surface area contributed by atoms with Gasteiger partial charge < -0.3 is 5.32 Å². The van der Waals surface area contributed by atoms with E-state index in [0.717, 1.165) is 6.54 Å². The second kappa shape index (κ2) is 4.63. The van der Waals surface area contributed by atoms with Crippen molar-refractivity contribution in [2.24, 2.45) is 0 Å². The molecule has 0 aromatic rings. The average molecular weight is 198 g/mol. The van der Waals surface area contributed by atoms with E-state index in [1.54, 1.807) is 0 Å². The van der Waals surface area contributed by atoms with Gasteiger partial charge in [0.1, 0.15) is 0 Å². The van der Waals surface area contributed by atoms with Crippen LogP contribution in [0.4, 0.5) is 0 Å². The lowest BCUT2D eigenvalue weighted by atomic mass is 9.90. The first-order valence-corrected chi connectivity index (χ1v) is 6.03. The number of hydrogen-bond acceptors (Lipinski definition) is 2. The Kier molecular flexibility index (Phi) is 3.96. The van der Waals surface area contributed by atoms with Crippen LogP contribution in [-0.2, 0) is 0 Å². The first kappa shape index (κ1) is 12.0. The van der Waals surface area contributed by atoms with E-state index in [2.05, 4.69) is 44.8 Å². The zero-order valence-electron chi connectivity index (χ0n) is 10.4. The van der Waals surface area contributed by atoms with Crippen molar-refractivity contribution < 1.29 is 0 Å². The maximum absolute atomic E-state index is 3.59.